The van der Waals surface area contributed by atoms with Crippen molar-refractivity contribution in [3.05, 3.63) is 17.8 Å². The molecule has 0 aliphatic carbocycles. The molecule has 1 N–H and O–H groups in total. The predicted octanol–water partition coefficient (Wildman–Crippen LogP) is 2.33. The van der Waals surface area contributed by atoms with Crippen LogP contribution >= 0.6 is 0 Å². The van der Waals surface area contributed by atoms with Gasteiger partial charge in [0.25, 0.3) is 0 Å². The summed E-state index contributed by atoms with van der Waals surface area (Å²) < 4.78 is 11.3. The van der Waals surface area contributed by atoms with Gasteiger partial charge in [0, 0.05) is 19.4 Å². The number of oxazole rings is 1. The van der Waals surface area contributed by atoms with Crippen molar-refractivity contribution < 1.29 is 9.15 Å². The van der Waals surface area contributed by atoms with Crippen LogP contribution in [-0.4, -0.2) is 30.8 Å². The van der Waals surface area contributed by atoms with Gasteiger partial charge in [-0.2, -0.15) is 0 Å². The lowest BCUT2D eigenvalue weighted by atomic mass is 10.1. The van der Waals surface area contributed by atoms with E-state index in [1.807, 2.05) is 6.20 Å². The summed E-state index contributed by atoms with van der Waals surface area (Å²) in [6.45, 7) is 5.10. The van der Waals surface area contributed by atoms with Crippen LogP contribution in [0.3, 0.4) is 0 Å². The van der Waals surface area contributed by atoms with E-state index in [-0.39, 0.29) is 0 Å². The molecule has 0 amide bonds. The molecule has 1 atom stereocenters. The Morgan fingerprint density at radius 3 is 3.17 bits per heavy atom. The molecule has 2 rings (SSSR count). The molecule has 0 aromatic carbocycles. The smallest absolute Gasteiger partial charge is 0.194 e. The number of aromatic nitrogens is 1. The normalized spacial score (nSPS) is 19.5. The van der Waals surface area contributed by atoms with Gasteiger partial charge >= 0.3 is 0 Å². The maximum absolute atomic E-state index is 5.73. The summed E-state index contributed by atoms with van der Waals surface area (Å²) in [5, 5.41) is 3.30. The van der Waals surface area contributed by atoms with Gasteiger partial charge in [0.15, 0.2) is 5.89 Å². The minimum atomic E-state index is 0.437. The van der Waals surface area contributed by atoms with Gasteiger partial charge in [0.05, 0.1) is 12.3 Å². The highest BCUT2D eigenvalue weighted by molar-refractivity contribution is 4.95. The Bertz CT molecular complexity index is 332. The third-order valence-corrected chi connectivity index (χ3v) is 3.33. The summed E-state index contributed by atoms with van der Waals surface area (Å²) in [6, 6.07) is 0. The largest absolute Gasteiger partial charge is 0.446 e. The summed E-state index contributed by atoms with van der Waals surface area (Å²) in [5.74, 6) is 1.87. The average molecular weight is 252 g/mol. The average Bonchev–Trinajstić information content (AvgIpc) is 3.03. The van der Waals surface area contributed by atoms with Gasteiger partial charge in [0.2, 0.25) is 0 Å². The SMILES string of the molecule is CCNCCCc1ncc(CCC2CCCO2)o1. The third kappa shape index (κ3) is 4.42. The van der Waals surface area contributed by atoms with Crippen molar-refractivity contribution in [2.24, 2.45) is 0 Å². The fraction of sp³-hybridized carbons (Fsp3) is 0.786. The van der Waals surface area contributed by atoms with Crippen LogP contribution in [-0.2, 0) is 17.6 Å². The Hall–Kier alpha value is -0.870. The van der Waals surface area contributed by atoms with E-state index in [9.17, 15) is 0 Å². The molecular formula is C14H24N2O2. The highest BCUT2D eigenvalue weighted by Crippen LogP contribution is 2.18. The number of nitrogens with one attached hydrogen (secondary N) is 1. The fourth-order valence-electron chi connectivity index (χ4n) is 2.30. The van der Waals surface area contributed by atoms with E-state index in [2.05, 4.69) is 17.2 Å². The highest BCUT2D eigenvalue weighted by atomic mass is 16.5. The molecule has 1 aromatic heterocycles. The minimum Gasteiger partial charge on any atom is -0.446 e. The van der Waals surface area contributed by atoms with Crippen LogP contribution in [0.5, 0.6) is 0 Å². The number of ether oxygens (including phenoxy) is 1. The number of aryl methyl sites for hydroxylation is 2. The van der Waals surface area contributed by atoms with E-state index in [0.717, 1.165) is 57.0 Å². The van der Waals surface area contributed by atoms with Crippen molar-refractivity contribution in [2.75, 3.05) is 19.7 Å². The van der Waals surface area contributed by atoms with E-state index < -0.39 is 0 Å². The van der Waals surface area contributed by atoms with Crippen LogP contribution in [0.4, 0.5) is 0 Å². The van der Waals surface area contributed by atoms with Crippen LogP contribution in [0.2, 0.25) is 0 Å². The first-order chi connectivity index (χ1) is 8.88. The summed E-state index contributed by atoms with van der Waals surface area (Å²) in [7, 11) is 0. The van der Waals surface area contributed by atoms with Crippen LogP contribution in [0.25, 0.3) is 0 Å². The molecule has 1 saturated heterocycles. The zero-order valence-electron chi connectivity index (χ0n) is 11.3. The molecule has 0 radical (unpaired) electrons. The molecule has 1 aliphatic heterocycles. The van der Waals surface area contributed by atoms with E-state index in [0.29, 0.717) is 6.10 Å². The molecule has 4 nitrogen and oxygen atoms in total. The van der Waals surface area contributed by atoms with Gasteiger partial charge in [-0.15, -0.1) is 0 Å². The molecule has 4 heteroatoms. The predicted molar refractivity (Wildman–Crippen MR) is 70.7 cm³/mol. The number of hydrogen-bond donors (Lipinski definition) is 1. The van der Waals surface area contributed by atoms with Gasteiger partial charge < -0.3 is 14.5 Å². The van der Waals surface area contributed by atoms with E-state index >= 15 is 0 Å². The lowest BCUT2D eigenvalue weighted by molar-refractivity contribution is 0.103. The molecule has 1 unspecified atom stereocenters. The zero-order valence-corrected chi connectivity index (χ0v) is 11.3. The molecule has 18 heavy (non-hydrogen) atoms. The highest BCUT2D eigenvalue weighted by Gasteiger charge is 2.16. The molecule has 0 bridgehead atoms. The number of rotatable bonds is 8. The van der Waals surface area contributed by atoms with Crippen molar-refractivity contribution in [3.63, 3.8) is 0 Å². The molecule has 1 aliphatic rings. The lowest BCUT2D eigenvalue weighted by Gasteiger charge is -2.06. The first-order valence-corrected chi connectivity index (χ1v) is 7.14. The molecule has 0 saturated carbocycles. The van der Waals surface area contributed by atoms with E-state index in [1.54, 1.807) is 0 Å². The molecule has 0 spiro atoms. The second-order valence-corrected chi connectivity index (χ2v) is 4.85. The quantitative estimate of drug-likeness (QED) is 0.721. The molecule has 2 heterocycles. The maximum Gasteiger partial charge on any atom is 0.194 e. The Morgan fingerprint density at radius 2 is 2.39 bits per heavy atom. The maximum atomic E-state index is 5.73. The first kappa shape index (κ1) is 13.6. The Morgan fingerprint density at radius 1 is 1.44 bits per heavy atom. The zero-order chi connectivity index (χ0) is 12.6. The van der Waals surface area contributed by atoms with Crippen LogP contribution in [0.15, 0.2) is 10.6 Å². The van der Waals surface area contributed by atoms with Crippen molar-refractivity contribution in [3.8, 4) is 0 Å². The second-order valence-electron chi connectivity index (χ2n) is 4.85. The fourth-order valence-corrected chi connectivity index (χ4v) is 2.30. The van der Waals surface area contributed by atoms with Gasteiger partial charge in [-0.3, -0.25) is 0 Å². The van der Waals surface area contributed by atoms with Gasteiger partial charge in [-0.05, 0) is 38.8 Å². The number of nitrogens with zero attached hydrogens (tertiary/aromatic N) is 1. The van der Waals surface area contributed by atoms with Gasteiger partial charge in [-0.25, -0.2) is 4.98 Å². The van der Waals surface area contributed by atoms with E-state index in [4.69, 9.17) is 9.15 Å². The minimum absolute atomic E-state index is 0.437. The van der Waals surface area contributed by atoms with Crippen molar-refractivity contribution in [1.82, 2.24) is 10.3 Å². The lowest BCUT2D eigenvalue weighted by Crippen LogP contribution is -2.14. The molecular weight excluding hydrogens is 228 g/mol. The Balaban J connectivity index is 1.65. The standard InChI is InChI=1S/C14H24N2O2/c1-2-15-9-3-6-14-16-11-13(18-14)8-7-12-5-4-10-17-12/h11-12,15H,2-10H2,1H3. The third-order valence-electron chi connectivity index (χ3n) is 3.33. The van der Waals surface area contributed by atoms with Crippen LogP contribution in [0, 0.1) is 0 Å². The Kier molecular flexibility index (Phi) is 5.68. The van der Waals surface area contributed by atoms with Crippen LogP contribution < -0.4 is 5.32 Å². The molecule has 102 valence electrons. The number of hydrogen-bond acceptors (Lipinski definition) is 4. The first-order valence-electron chi connectivity index (χ1n) is 7.14. The topological polar surface area (TPSA) is 47.3 Å². The van der Waals surface area contributed by atoms with Crippen molar-refractivity contribution in [1.29, 1.82) is 0 Å². The summed E-state index contributed by atoms with van der Waals surface area (Å²) in [6.07, 6.45) is 8.73. The summed E-state index contributed by atoms with van der Waals surface area (Å²) in [4.78, 5) is 4.32. The van der Waals surface area contributed by atoms with Crippen molar-refractivity contribution >= 4 is 0 Å². The molecule has 1 fully saturated rings. The van der Waals surface area contributed by atoms with Gasteiger partial charge in [0.1, 0.15) is 5.76 Å². The monoisotopic (exact) mass is 252 g/mol. The second kappa shape index (κ2) is 7.54. The van der Waals surface area contributed by atoms with Crippen LogP contribution in [0.1, 0.15) is 44.3 Å². The summed E-state index contributed by atoms with van der Waals surface area (Å²) in [5.41, 5.74) is 0. The molecule has 1 aromatic rings. The van der Waals surface area contributed by atoms with E-state index in [1.165, 1.54) is 12.8 Å². The Labute approximate surface area is 109 Å². The van der Waals surface area contributed by atoms with Crippen molar-refractivity contribution in [2.45, 2.75) is 51.6 Å². The van der Waals surface area contributed by atoms with Gasteiger partial charge in [-0.1, -0.05) is 6.92 Å². The summed E-state index contributed by atoms with van der Waals surface area (Å²) >= 11 is 0.